The minimum atomic E-state index is -0.963. The van der Waals surface area contributed by atoms with Crippen molar-refractivity contribution in [2.75, 3.05) is 29.5 Å². The Morgan fingerprint density at radius 1 is 1.00 bits per heavy atom. The van der Waals surface area contributed by atoms with Crippen LogP contribution in [0.5, 0.6) is 0 Å². The highest BCUT2D eigenvalue weighted by Gasteiger charge is 2.71. The maximum absolute atomic E-state index is 14.6. The normalized spacial score (nSPS) is 30.2. The SMILES string of the molecule is CC[C@@H](CO)N1C(=O)[C@@H]2[C@H]3C(=O)N(c4ccccc4)CC=C[C@H]3S[C@@]23C=CCN(c2c(C)cccc2Cl)C(=O)C13. The summed E-state index contributed by atoms with van der Waals surface area (Å²) in [5.74, 6) is -2.01. The molecule has 9 heteroatoms. The molecule has 0 radical (unpaired) electrons. The molecule has 40 heavy (non-hydrogen) atoms. The zero-order valence-electron chi connectivity index (χ0n) is 22.4. The molecular weight excluding hydrogens is 546 g/mol. The number of anilines is 2. The molecule has 2 aromatic carbocycles. The number of amides is 3. The van der Waals surface area contributed by atoms with Crippen LogP contribution in [0, 0.1) is 18.8 Å². The van der Waals surface area contributed by atoms with Gasteiger partial charge in [-0.15, -0.1) is 11.8 Å². The van der Waals surface area contributed by atoms with Gasteiger partial charge in [-0.25, -0.2) is 0 Å². The van der Waals surface area contributed by atoms with Crippen molar-refractivity contribution in [3.63, 3.8) is 0 Å². The first kappa shape index (κ1) is 27.1. The molecule has 1 spiro atoms. The Balaban J connectivity index is 1.49. The van der Waals surface area contributed by atoms with E-state index in [-0.39, 0.29) is 29.6 Å². The number of benzene rings is 2. The molecule has 2 fully saturated rings. The van der Waals surface area contributed by atoms with Crippen molar-refractivity contribution in [1.29, 1.82) is 0 Å². The van der Waals surface area contributed by atoms with Crippen molar-refractivity contribution < 1.29 is 19.5 Å². The lowest BCUT2D eigenvalue weighted by Gasteiger charge is -2.38. The van der Waals surface area contributed by atoms with Gasteiger partial charge in [-0.1, -0.05) is 73.2 Å². The molecule has 4 aliphatic rings. The topological polar surface area (TPSA) is 81.2 Å². The van der Waals surface area contributed by atoms with Gasteiger partial charge in [-0.2, -0.15) is 0 Å². The summed E-state index contributed by atoms with van der Waals surface area (Å²) in [4.78, 5) is 48.3. The summed E-state index contributed by atoms with van der Waals surface area (Å²) in [7, 11) is 0. The number of hydrogen-bond acceptors (Lipinski definition) is 5. The maximum atomic E-state index is 14.6. The number of aliphatic hydroxyl groups excluding tert-OH is 1. The molecule has 0 bridgehead atoms. The summed E-state index contributed by atoms with van der Waals surface area (Å²) in [6, 6.07) is 13.6. The summed E-state index contributed by atoms with van der Waals surface area (Å²) in [5, 5.41) is 10.5. The highest BCUT2D eigenvalue weighted by Crippen LogP contribution is 2.61. The highest BCUT2D eigenvalue weighted by atomic mass is 35.5. The van der Waals surface area contributed by atoms with Crippen molar-refractivity contribution in [3.8, 4) is 0 Å². The minimum Gasteiger partial charge on any atom is -0.394 e. The minimum absolute atomic E-state index is 0.120. The van der Waals surface area contributed by atoms with Crippen LogP contribution < -0.4 is 9.80 Å². The smallest absolute Gasteiger partial charge is 0.251 e. The predicted molar refractivity (Wildman–Crippen MR) is 159 cm³/mol. The van der Waals surface area contributed by atoms with E-state index in [9.17, 15) is 19.5 Å². The Labute approximate surface area is 243 Å². The van der Waals surface area contributed by atoms with Crippen molar-refractivity contribution in [1.82, 2.24) is 4.90 Å². The molecule has 0 saturated carbocycles. The Morgan fingerprint density at radius 3 is 2.45 bits per heavy atom. The second kappa shape index (κ2) is 10.4. The highest BCUT2D eigenvalue weighted by molar-refractivity contribution is 8.02. The van der Waals surface area contributed by atoms with Crippen molar-refractivity contribution in [2.24, 2.45) is 11.8 Å². The molecule has 2 saturated heterocycles. The summed E-state index contributed by atoms with van der Waals surface area (Å²) < 4.78 is -0.963. The van der Waals surface area contributed by atoms with Gasteiger partial charge in [0.25, 0.3) is 5.91 Å². The molecule has 2 aromatic rings. The number of halogens is 1. The van der Waals surface area contributed by atoms with Crippen molar-refractivity contribution >= 4 is 52.5 Å². The predicted octanol–water partition coefficient (Wildman–Crippen LogP) is 4.22. The second-order valence-electron chi connectivity index (χ2n) is 10.8. The number of aliphatic hydroxyl groups is 1. The van der Waals surface area contributed by atoms with Gasteiger partial charge < -0.3 is 19.8 Å². The second-order valence-corrected chi connectivity index (χ2v) is 12.7. The summed E-state index contributed by atoms with van der Waals surface area (Å²) in [5.41, 5.74) is 2.25. The number of carbonyl (C=O) groups excluding carboxylic acids is 3. The van der Waals surface area contributed by atoms with E-state index in [4.69, 9.17) is 11.6 Å². The van der Waals surface area contributed by atoms with Gasteiger partial charge in [0.1, 0.15) is 6.04 Å². The van der Waals surface area contributed by atoms with E-state index in [0.29, 0.717) is 30.2 Å². The largest absolute Gasteiger partial charge is 0.394 e. The fraction of sp³-hybridized carbons (Fsp3) is 0.387. The van der Waals surface area contributed by atoms with E-state index in [1.54, 1.807) is 20.8 Å². The lowest BCUT2D eigenvalue weighted by molar-refractivity contribution is -0.141. The van der Waals surface area contributed by atoms with Crippen molar-refractivity contribution in [2.45, 2.75) is 42.3 Å². The average molecular weight is 578 g/mol. The van der Waals surface area contributed by atoms with E-state index < -0.39 is 28.7 Å². The third-order valence-electron chi connectivity index (χ3n) is 8.70. The number of fused-ring (bicyclic) bond motifs is 2. The molecular formula is C31H32ClN3O4S. The van der Waals surface area contributed by atoms with E-state index in [0.717, 1.165) is 11.3 Å². The number of thioether (sulfide) groups is 1. The molecule has 1 unspecified atom stereocenters. The van der Waals surface area contributed by atoms with Gasteiger partial charge in [0.15, 0.2) is 0 Å². The summed E-state index contributed by atoms with van der Waals surface area (Å²) >= 11 is 8.16. The van der Waals surface area contributed by atoms with Gasteiger partial charge in [-0.3, -0.25) is 14.4 Å². The first-order valence-corrected chi connectivity index (χ1v) is 15.0. The Kier molecular flexibility index (Phi) is 7.05. The standard InChI is InChI=1S/C31H32ClN3O4S/c1-3-20(18-36)35-27-30(39)34(26-19(2)10-7-13-22(26)32)17-9-15-31(27)25(29(35)38)24-23(40-31)14-8-16-33(28(24)37)21-11-5-4-6-12-21/h4-15,20,23-25,27,36H,3,16-18H2,1-2H3/t20-,23+,24-,25-,27?,31-/m0/s1. The van der Waals surface area contributed by atoms with E-state index in [2.05, 4.69) is 0 Å². The van der Waals surface area contributed by atoms with E-state index >= 15 is 0 Å². The number of likely N-dealkylation sites (tertiary alicyclic amines) is 1. The zero-order valence-corrected chi connectivity index (χ0v) is 24.0. The van der Waals surface area contributed by atoms with E-state index in [1.165, 1.54) is 11.8 Å². The van der Waals surface area contributed by atoms with Gasteiger partial charge >= 0.3 is 0 Å². The lowest BCUT2D eigenvalue weighted by Crippen LogP contribution is -2.56. The Morgan fingerprint density at radius 2 is 1.75 bits per heavy atom. The fourth-order valence-electron chi connectivity index (χ4n) is 6.89. The van der Waals surface area contributed by atoms with Crippen LogP contribution in [0.3, 0.4) is 0 Å². The summed E-state index contributed by atoms with van der Waals surface area (Å²) in [6.45, 7) is 4.24. The van der Waals surface area contributed by atoms with Gasteiger partial charge in [0, 0.05) is 24.0 Å². The average Bonchev–Trinajstić information content (AvgIpc) is 3.27. The van der Waals surface area contributed by atoms with E-state index in [1.807, 2.05) is 80.6 Å². The van der Waals surface area contributed by atoms with Crippen LogP contribution in [-0.4, -0.2) is 69.5 Å². The number of para-hydroxylation sites is 2. The molecule has 6 rings (SSSR count). The molecule has 0 aliphatic carbocycles. The van der Waals surface area contributed by atoms with Crippen molar-refractivity contribution in [3.05, 3.63) is 83.4 Å². The van der Waals surface area contributed by atoms with Gasteiger partial charge in [-0.05, 0) is 37.1 Å². The summed E-state index contributed by atoms with van der Waals surface area (Å²) in [6.07, 6.45) is 8.42. The third kappa shape index (κ3) is 3.95. The molecule has 4 aliphatic heterocycles. The molecule has 3 amide bonds. The number of carbonyl (C=O) groups is 3. The first-order valence-electron chi connectivity index (χ1n) is 13.7. The maximum Gasteiger partial charge on any atom is 0.251 e. The zero-order chi connectivity index (χ0) is 28.2. The molecule has 1 N–H and O–H groups in total. The third-order valence-corrected chi connectivity index (χ3v) is 10.7. The molecule has 208 valence electrons. The number of aryl methyl sites for hydroxylation is 1. The lowest BCUT2D eigenvalue weighted by atomic mass is 9.78. The fourth-order valence-corrected chi connectivity index (χ4v) is 9.21. The van der Waals surface area contributed by atoms with Crippen LogP contribution in [0.15, 0.2) is 72.8 Å². The Hall–Kier alpha value is -3.07. The van der Waals surface area contributed by atoms with Crippen LogP contribution in [0.4, 0.5) is 11.4 Å². The monoisotopic (exact) mass is 577 g/mol. The molecule has 7 nitrogen and oxygen atoms in total. The van der Waals surface area contributed by atoms with Gasteiger partial charge in [0.2, 0.25) is 11.8 Å². The first-order chi connectivity index (χ1) is 19.3. The van der Waals surface area contributed by atoms with Crippen LogP contribution in [0.1, 0.15) is 18.9 Å². The molecule has 4 heterocycles. The number of hydrogen-bond donors (Lipinski definition) is 1. The van der Waals surface area contributed by atoms with Gasteiger partial charge in [0.05, 0.1) is 39.9 Å². The Bertz CT molecular complexity index is 1390. The van der Waals surface area contributed by atoms with Crippen LogP contribution in [0.2, 0.25) is 5.02 Å². The number of nitrogens with zero attached hydrogens (tertiary/aromatic N) is 3. The van der Waals surface area contributed by atoms with Crippen LogP contribution in [-0.2, 0) is 14.4 Å². The quantitative estimate of drug-likeness (QED) is 0.538. The number of rotatable bonds is 5. The molecule has 6 atom stereocenters. The van der Waals surface area contributed by atoms with Crippen LogP contribution >= 0.6 is 23.4 Å². The molecule has 0 aromatic heterocycles. The van der Waals surface area contributed by atoms with Crippen LogP contribution in [0.25, 0.3) is 0 Å².